The van der Waals surface area contributed by atoms with Crippen molar-refractivity contribution in [2.75, 3.05) is 0 Å². The molecule has 0 aliphatic rings. The fraction of sp³-hybridized carbons (Fsp3) is 0.0370. The molecule has 4 nitrogen and oxygen atoms in total. The molecule has 0 saturated carbocycles. The Morgan fingerprint density at radius 3 is 2.12 bits per heavy atom. The highest BCUT2D eigenvalue weighted by Crippen LogP contribution is 2.31. The predicted molar refractivity (Wildman–Crippen MR) is 132 cm³/mol. The molecule has 3 N–H and O–H groups in total. The van der Waals surface area contributed by atoms with Crippen molar-refractivity contribution in [3.63, 3.8) is 0 Å². The second kappa shape index (κ2) is 8.29. The second-order valence-corrected chi connectivity index (χ2v) is 8.07. The third kappa shape index (κ3) is 3.74. The number of phenols is 1. The first-order chi connectivity index (χ1) is 15.6. The monoisotopic (exact) mass is 436 g/mol. The van der Waals surface area contributed by atoms with Gasteiger partial charge in [-0.3, -0.25) is 9.78 Å². The molecular weight excluding hydrogens is 416 g/mol. The summed E-state index contributed by atoms with van der Waals surface area (Å²) in [4.78, 5) is 18.8. The van der Waals surface area contributed by atoms with E-state index in [4.69, 9.17) is 12.2 Å². The number of aromatic hydroxyl groups is 1. The zero-order valence-electron chi connectivity index (χ0n) is 17.1. The molecule has 32 heavy (non-hydrogen) atoms. The Hall–Kier alpha value is -3.96. The summed E-state index contributed by atoms with van der Waals surface area (Å²) in [6, 6.07) is 29.5. The van der Waals surface area contributed by atoms with Gasteiger partial charge in [-0.05, 0) is 45.7 Å². The number of hydrogen-bond acceptors (Lipinski definition) is 3. The van der Waals surface area contributed by atoms with Crippen LogP contribution in [0.15, 0.2) is 95.8 Å². The SMILES string of the molecule is O=c1[nH]c(=S)[nH]c(-c2ccc(-c3ccccc3)cc2)c1Cc1c(O)ccc2ccccc12. The quantitative estimate of drug-likeness (QED) is 0.293. The largest absolute Gasteiger partial charge is 0.508 e. The molecule has 5 heteroatoms. The maximum Gasteiger partial charge on any atom is 0.255 e. The minimum atomic E-state index is -0.261. The van der Waals surface area contributed by atoms with Gasteiger partial charge in [0.2, 0.25) is 0 Å². The molecule has 0 atom stereocenters. The zero-order valence-corrected chi connectivity index (χ0v) is 17.9. The summed E-state index contributed by atoms with van der Waals surface area (Å²) in [6.45, 7) is 0. The molecule has 5 aromatic rings. The smallest absolute Gasteiger partial charge is 0.255 e. The van der Waals surface area contributed by atoms with Gasteiger partial charge in [0, 0.05) is 17.5 Å². The van der Waals surface area contributed by atoms with Gasteiger partial charge in [-0.1, -0.05) is 84.9 Å². The van der Waals surface area contributed by atoms with Crippen LogP contribution in [0.25, 0.3) is 33.2 Å². The lowest BCUT2D eigenvalue weighted by Crippen LogP contribution is -2.16. The first kappa shape index (κ1) is 20.0. The van der Waals surface area contributed by atoms with E-state index in [0.29, 0.717) is 16.8 Å². The van der Waals surface area contributed by atoms with E-state index in [1.54, 1.807) is 6.07 Å². The van der Waals surface area contributed by atoms with Crippen molar-refractivity contribution in [3.8, 4) is 28.1 Å². The highest BCUT2D eigenvalue weighted by Gasteiger charge is 2.16. The van der Waals surface area contributed by atoms with E-state index in [0.717, 1.165) is 27.5 Å². The summed E-state index contributed by atoms with van der Waals surface area (Å²) in [5, 5.41) is 12.5. The Labute approximate surface area is 189 Å². The van der Waals surface area contributed by atoms with Gasteiger partial charge in [0.25, 0.3) is 5.56 Å². The molecule has 1 aromatic heterocycles. The van der Waals surface area contributed by atoms with Crippen LogP contribution in [0.5, 0.6) is 5.75 Å². The molecule has 0 aliphatic heterocycles. The Morgan fingerprint density at radius 2 is 1.34 bits per heavy atom. The van der Waals surface area contributed by atoms with Gasteiger partial charge in [0.15, 0.2) is 4.77 Å². The molecule has 5 rings (SSSR count). The predicted octanol–water partition coefficient (Wildman–Crippen LogP) is 6.22. The van der Waals surface area contributed by atoms with Crippen LogP contribution in [0, 0.1) is 4.77 Å². The maximum atomic E-state index is 13.0. The van der Waals surface area contributed by atoms with Crippen LogP contribution < -0.4 is 5.56 Å². The van der Waals surface area contributed by atoms with Gasteiger partial charge < -0.3 is 10.1 Å². The summed E-state index contributed by atoms with van der Waals surface area (Å²) in [5.41, 5.74) is 4.70. The fourth-order valence-corrected chi connectivity index (χ4v) is 4.27. The second-order valence-electron chi connectivity index (χ2n) is 7.67. The van der Waals surface area contributed by atoms with Crippen LogP contribution in [0.3, 0.4) is 0 Å². The molecule has 0 bridgehead atoms. The van der Waals surface area contributed by atoms with Crippen molar-refractivity contribution in [1.29, 1.82) is 0 Å². The minimum absolute atomic E-state index is 0.163. The number of aromatic amines is 2. The molecule has 4 aromatic carbocycles. The number of hydrogen-bond donors (Lipinski definition) is 3. The first-order valence-corrected chi connectivity index (χ1v) is 10.7. The van der Waals surface area contributed by atoms with E-state index in [-0.39, 0.29) is 22.5 Å². The number of nitrogens with one attached hydrogen (secondary N) is 2. The third-order valence-electron chi connectivity index (χ3n) is 5.69. The number of fused-ring (bicyclic) bond motifs is 1. The molecule has 0 saturated heterocycles. The molecule has 0 unspecified atom stereocenters. The molecular formula is C27H20N2O2S. The van der Waals surface area contributed by atoms with Gasteiger partial charge in [-0.25, -0.2) is 0 Å². The van der Waals surface area contributed by atoms with Crippen molar-refractivity contribution in [2.45, 2.75) is 6.42 Å². The van der Waals surface area contributed by atoms with Crippen LogP contribution >= 0.6 is 12.2 Å². The van der Waals surface area contributed by atoms with Crippen molar-refractivity contribution in [2.24, 2.45) is 0 Å². The molecule has 1 heterocycles. The molecule has 0 spiro atoms. The van der Waals surface area contributed by atoms with E-state index < -0.39 is 0 Å². The summed E-state index contributed by atoms with van der Waals surface area (Å²) < 4.78 is 0.267. The standard InChI is InChI=1S/C27H20N2O2S/c30-24-15-14-19-8-4-5-9-21(19)22(24)16-23-25(28-27(32)29-26(23)31)20-12-10-18(11-13-20)17-6-2-1-3-7-17/h1-15,30H,16H2,(H2,28,29,31,32). The van der Waals surface area contributed by atoms with Crippen LogP contribution in [-0.4, -0.2) is 15.1 Å². The van der Waals surface area contributed by atoms with Crippen molar-refractivity contribution < 1.29 is 5.11 Å². The Balaban J connectivity index is 1.63. The third-order valence-corrected chi connectivity index (χ3v) is 5.90. The van der Waals surface area contributed by atoms with Gasteiger partial charge >= 0.3 is 0 Å². The molecule has 0 fully saturated rings. The van der Waals surface area contributed by atoms with Gasteiger partial charge in [0.1, 0.15) is 5.75 Å². The van der Waals surface area contributed by atoms with Gasteiger partial charge in [0.05, 0.1) is 5.69 Å². The lowest BCUT2D eigenvalue weighted by molar-refractivity contribution is 0.470. The number of H-pyrrole nitrogens is 2. The van der Waals surface area contributed by atoms with Gasteiger partial charge in [-0.15, -0.1) is 0 Å². The zero-order chi connectivity index (χ0) is 22.1. The minimum Gasteiger partial charge on any atom is -0.508 e. The van der Waals surface area contributed by atoms with Crippen molar-refractivity contribution in [1.82, 2.24) is 9.97 Å². The van der Waals surface area contributed by atoms with E-state index >= 15 is 0 Å². The number of benzene rings is 4. The lowest BCUT2D eigenvalue weighted by Gasteiger charge is -2.13. The Bertz CT molecular complexity index is 1530. The van der Waals surface area contributed by atoms with Crippen LogP contribution in [0.2, 0.25) is 0 Å². The van der Waals surface area contributed by atoms with Crippen LogP contribution in [-0.2, 0) is 6.42 Å². The number of rotatable bonds is 4. The molecule has 156 valence electrons. The number of aromatic nitrogens is 2. The van der Waals surface area contributed by atoms with Crippen LogP contribution in [0.1, 0.15) is 11.1 Å². The van der Waals surface area contributed by atoms with E-state index in [9.17, 15) is 9.90 Å². The highest BCUT2D eigenvalue weighted by molar-refractivity contribution is 7.71. The molecule has 0 amide bonds. The van der Waals surface area contributed by atoms with Crippen molar-refractivity contribution >= 4 is 23.0 Å². The van der Waals surface area contributed by atoms with Crippen LogP contribution in [0.4, 0.5) is 0 Å². The Morgan fingerprint density at radius 1 is 0.688 bits per heavy atom. The summed E-state index contributed by atoms with van der Waals surface area (Å²) in [5.74, 6) is 0.163. The van der Waals surface area contributed by atoms with Gasteiger partial charge in [-0.2, -0.15) is 0 Å². The average molecular weight is 437 g/mol. The highest BCUT2D eigenvalue weighted by atomic mass is 32.1. The molecule has 0 radical (unpaired) electrons. The topological polar surface area (TPSA) is 68.9 Å². The first-order valence-electron chi connectivity index (χ1n) is 10.3. The van der Waals surface area contributed by atoms with E-state index in [2.05, 4.69) is 22.1 Å². The normalized spacial score (nSPS) is 11.0. The summed E-state index contributed by atoms with van der Waals surface area (Å²) in [6.07, 6.45) is 0.268. The summed E-state index contributed by atoms with van der Waals surface area (Å²) >= 11 is 5.26. The van der Waals surface area contributed by atoms with E-state index in [1.165, 1.54) is 0 Å². The Kier molecular flexibility index (Phi) is 5.17. The van der Waals surface area contributed by atoms with E-state index in [1.807, 2.05) is 72.8 Å². The fourth-order valence-electron chi connectivity index (χ4n) is 4.07. The average Bonchev–Trinajstić information content (AvgIpc) is 2.82. The number of phenolic OH excluding ortho intramolecular Hbond substituents is 1. The van der Waals surface area contributed by atoms with Crippen molar-refractivity contribution in [3.05, 3.63) is 117 Å². The molecule has 0 aliphatic carbocycles. The summed E-state index contributed by atoms with van der Waals surface area (Å²) in [7, 11) is 0. The maximum absolute atomic E-state index is 13.0. The lowest BCUT2D eigenvalue weighted by atomic mass is 9.95.